The Morgan fingerprint density at radius 2 is 1.66 bits per heavy atom. The number of anilines is 1. The fourth-order valence-corrected chi connectivity index (χ4v) is 5.25. The third-order valence-corrected chi connectivity index (χ3v) is 9.27. The molecule has 1 aliphatic heterocycles. The van der Waals surface area contributed by atoms with Gasteiger partial charge in [-0.15, -0.1) is 12.3 Å². The smallest absolute Gasteiger partial charge is 0.167 e. The predicted molar refractivity (Wildman–Crippen MR) is 253 cm³/mol. The van der Waals surface area contributed by atoms with Crippen LogP contribution in [-0.4, -0.2) is 36.0 Å². The molecule has 1 aliphatic rings. The Bertz CT molecular complexity index is 1710. The van der Waals surface area contributed by atoms with E-state index in [1.54, 1.807) is 48.6 Å². The molecule has 0 radical (unpaired) electrons. The molecule has 0 saturated carbocycles. The van der Waals surface area contributed by atoms with Gasteiger partial charge in [-0.3, -0.25) is 9.80 Å². The van der Waals surface area contributed by atoms with Gasteiger partial charge in [-0.2, -0.15) is 5.10 Å². The van der Waals surface area contributed by atoms with Gasteiger partial charge in [0.15, 0.2) is 17.3 Å². The van der Waals surface area contributed by atoms with Gasteiger partial charge in [-0.25, -0.2) is 9.38 Å². The molecular weight excluding hydrogens is 736 g/mol. The fourth-order valence-electron chi connectivity index (χ4n) is 5.25. The van der Waals surface area contributed by atoms with Gasteiger partial charge in [0.05, 0.1) is 18.7 Å². The second-order valence-electron chi connectivity index (χ2n) is 14.8. The number of hydrogen-bond donors (Lipinski definition) is 1. The Kier molecular flexibility index (Phi) is 30.2. The normalized spacial score (nSPS) is 13.9. The number of aryl methyl sites for hydroxylation is 2. The lowest BCUT2D eigenvalue weighted by molar-refractivity contribution is -0.117. The summed E-state index contributed by atoms with van der Waals surface area (Å²) < 4.78 is 27.6. The van der Waals surface area contributed by atoms with E-state index in [0.29, 0.717) is 42.3 Å². The number of aliphatic imine (C=N–C) groups is 1. The third kappa shape index (κ3) is 22.7. The Labute approximate surface area is 359 Å². The summed E-state index contributed by atoms with van der Waals surface area (Å²) in [6.45, 7) is 28.0. The molecule has 0 saturated heterocycles. The molecule has 1 N–H and O–H groups in total. The number of ketones is 1. The summed E-state index contributed by atoms with van der Waals surface area (Å²) in [7, 11) is 0. The number of allylic oxidation sites excluding steroid dienone is 4. The molecule has 0 fully saturated rings. The highest BCUT2D eigenvalue weighted by Crippen LogP contribution is 2.31. The number of unbranched alkanes of at least 4 members (excludes halogenated alkanes) is 2. The maximum absolute atomic E-state index is 15.2. The molecule has 7 nitrogen and oxygen atoms in total. The van der Waals surface area contributed by atoms with Crippen molar-refractivity contribution in [3.05, 3.63) is 101 Å². The van der Waals surface area contributed by atoms with E-state index in [1.165, 1.54) is 18.9 Å². The Balaban J connectivity index is 0.00000166. The van der Waals surface area contributed by atoms with Gasteiger partial charge >= 0.3 is 0 Å². The van der Waals surface area contributed by atoms with Crippen LogP contribution in [0.4, 0.5) is 10.1 Å². The van der Waals surface area contributed by atoms with Crippen molar-refractivity contribution in [3.63, 3.8) is 0 Å². The van der Waals surface area contributed by atoms with E-state index in [2.05, 4.69) is 83.4 Å². The van der Waals surface area contributed by atoms with Gasteiger partial charge in [0.2, 0.25) is 0 Å². The molecule has 2 aromatic rings. The molecule has 0 bridgehead atoms. The third-order valence-electron chi connectivity index (χ3n) is 9.27. The Morgan fingerprint density at radius 3 is 2.20 bits per heavy atom. The zero-order chi connectivity index (χ0) is 44.6. The first-order valence-corrected chi connectivity index (χ1v) is 21.7. The lowest BCUT2D eigenvalue weighted by Gasteiger charge is -2.22. The van der Waals surface area contributed by atoms with Crippen molar-refractivity contribution < 1.29 is 18.7 Å². The standard InChI is InChI=1S/C35H47FN4O2.C9H16O.C4H10.C3H4/c1-8-11-12-19-37-35(33-27(6)13-14-28(7)34(33)41-24-26(5)22-25(4)9-2)39-29-15-16-32(31(36)23-29)42-30-17-20-40(21-18-30)38-10-3;1-4-6-7-9(10)8(3)5-2;1-3-4-2;1-3-2/h10,12-20,23,25-26H,8-9,11,21-22,24H2,1-7H3,(H,37,39);6-8H,4-5H2,1-3H3;3-4H2,1-2H3;1H,2H3/b19-12+,38-10-;7-6+;;. The van der Waals surface area contributed by atoms with Crippen molar-refractivity contribution in [1.82, 2.24) is 5.01 Å². The zero-order valence-electron chi connectivity index (χ0n) is 38.8. The summed E-state index contributed by atoms with van der Waals surface area (Å²) in [6.07, 6.45) is 27.9. The number of rotatable bonds is 19. The lowest BCUT2D eigenvalue weighted by Crippen LogP contribution is -2.19. The average molecular weight is 813 g/mol. The Hall–Kier alpha value is -4.90. The number of amidine groups is 1. The van der Waals surface area contributed by atoms with E-state index in [-0.39, 0.29) is 17.5 Å². The summed E-state index contributed by atoms with van der Waals surface area (Å²) in [5.74, 6) is 5.43. The van der Waals surface area contributed by atoms with E-state index >= 15 is 4.39 Å². The number of nitrogens with zero attached hydrogens (tertiary/aromatic N) is 3. The summed E-state index contributed by atoms with van der Waals surface area (Å²) in [5, 5.41) is 9.35. The summed E-state index contributed by atoms with van der Waals surface area (Å²) in [6, 6.07) is 9.01. The van der Waals surface area contributed by atoms with Crippen LogP contribution in [0.25, 0.3) is 0 Å². The van der Waals surface area contributed by atoms with Crippen molar-refractivity contribution >= 4 is 23.5 Å². The minimum atomic E-state index is -0.472. The lowest BCUT2D eigenvalue weighted by atomic mass is 9.96. The molecule has 326 valence electrons. The molecule has 3 atom stereocenters. The average Bonchev–Trinajstić information content (AvgIpc) is 3.23. The molecule has 3 unspecified atom stereocenters. The second kappa shape index (κ2) is 33.0. The minimum absolute atomic E-state index is 0.149. The highest BCUT2D eigenvalue weighted by Gasteiger charge is 2.19. The minimum Gasteiger partial charge on any atom is -0.492 e. The number of ether oxygens (including phenoxy) is 2. The quantitative estimate of drug-likeness (QED) is 0.0662. The van der Waals surface area contributed by atoms with Gasteiger partial charge in [0.25, 0.3) is 0 Å². The van der Waals surface area contributed by atoms with E-state index in [0.717, 1.165) is 61.0 Å². The van der Waals surface area contributed by atoms with Crippen LogP contribution < -0.4 is 14.8 Å². The maximum Gasteiger partial charge on any atom is 0.167 e. The summed E-state index contributed by atoms with van der Waals surface area (Å²) >= 11 is 0. The molecule has 0 aromatic heterocycles. The number of benzene rings is 2. The number of halogens is 1. The van der Waals surface area contributed by atoms with E-state index in [4.69, 9.17) is 14.5 Å². The Morgan fingerprint density at radius 1 is 0.983 bits per heavy atom. The molecule has 59 heavy (non-hydrogen) atoms. The predicted octanol–water partition coefficient (Wildman–Crippen LogP) is 14.2. The van der Waals surface area contributed by atoms with Gasteiger partial charge in [0, 0.05) is 36.3 Å². The monoisotopic (exact) mass is 813 g/mol. The van der Waals surface area contributed by atoms with E-state index in [9.17, 15) is 4.79 Å². The van der Waals surface area contributed by atoms with E-state index in [1.807, 2.05) is 59.0 Å². The molecular formula is C51H77FN4O3. The van der Waals surface area contributed by atoms with Crippen molar-refractivity contribution in [2.75, 3.05) is 18.5 Å². The highest BCUT2D eigenvalue weighted by atomic mass is 19.1. The van der Waals surface area contributed by atoms with Crippen LogP contribution >= 0.6 is 0 Å². The first-order valence-electron chi connectivity index (χ1n) is 21.7. The molecule has 3 rings (SSSR count). The van der Waals surface area contributed by atoms with Crippen LogP contribution in [-0.2, 0) is 4.79 Å². The van der Waals surface area contributed by atoms with Gasteiger partial charge in [0.1, 0.15) is 17.3 Å². The summed E-state index contributed by atoms with van der Waals surface area (Å²) in [5.41, 5.74) is 3.50. The number of hydrogen-bond acceptors (Lipinski definition) is 6. The number of nitrogens with one attached hydrogen (secondary N) is 1. The van der Waals surface area contributed by atoms with Crippen molar-refractivity contribution in [2.45, 2.75) is 141 Å². The fraction of sp³-hybridized carbons (Fsp3) is 0.510. The van der Waals surface area contributed by atoms with Crippen LogP contribution in [0.2, 0.25) is 0 Å². The van der Waals surface area contributed by atoms with Crippen LogP contribution in [0.5, 0.6) is 11.5 Å². The van der Waals surface area contributed by atoms with Crippen LogP contribution in [0.15, 0.2) is 89.0 Å². The first kappa shape index (κ1) is 54.1. The molecule has 0 aliphatic carbocycles. The van der Waals surface area contributed by atoms with E-state index < -0.39 is 5.82 Å². The zero-order valence-corrected chi connectivity index (χ0v) is 38.8. The topological polar surface area (TPSA) is 75.5 Å². The number of terminal acetylenes is 1. The molecule has 0 amide bonds. The highest BCUT2D eigenvalue weighted by molar-refractivity contribution is 6.11. The van der Waals surface area contributed by atoms with Crippen LogP contribution in [0, 0.1) is 49.8 Å². The van der Waals surface area contributed by atoms with Crippen molar-refractivity contribution in [1.29, 1.82) is 0 Å². The SMILES string of the molecule is C#CC.C/C=N\N1C=CC(Oc2ccc(NC(=N/C=C/CCC)c3c(C)ccc(C)c3OCC(C)CC(C)CC)cc2F)=CC1.CC/C=C/C(=O)C(C)CC.CCCC. The van der Waals surface area contributed by atoms with Gasteiger partial charge < -0.3 is 14.8 Å². The first-order chi connectivity index (χ1) is 28.3. The molecule has 1 heterocycles. The second-order valence-corrected chi connectivity index (χ2v) is 14.8. The number of hydrazone groups is 1. The maximum atomic E-state index is 15.2. The number of carbonyl (C=O) groups is 1. The number of carbonyl (C=O) groups excluding carboxylic acids is 1. The van der Waals surface area contributed by atoms with Crippen LogP contribution in [0.3, 0.4) is 0 Å². The molecule has 0 spiro atoms. The largest absolute Gasteiger partial charge is 0.492 e. The van der Waals surface area contributed by atoms with Crippen molar-refractivity contribution in [3.8, 4) is 23.8 Å². The van der Waals surface area contributed by atoms with Gasteiger partial charge in [-0.1, -0.05) is 112 Å². The van der Waals surface area contributed by atoms with Crippen LogP contribution in [0.1, 0.15) is 144 Å². The summed E-state index contributed by atoms with van der Waals surface area (Å²) in [4.78, 5) is 15.8. The molecule has 2 aromatic carbocycles. The van der Waals surface area contributed by atoms with Crippen molar-refractivity contribution in [2.24, 2.45) is 27.8 Å². The molecule has 8 heteroatoms. The van der Waals surface area contributed by atoms with Gasteiger partial charge in [-0.05, 0) is 107 Å².